The average molecular weight is 369 g/mol. The Labute approximate surface area is 148 Å². The maximum atomic E-state index is 12.2. The molecule has 0 aliphatic carbocycles. The van der Waals surface area contributed by atoms with Crippen molar-refractivity contribution in [2.24, 2.45) is 0 Å². The average Bonchev–Trinajstić information content (AvgIpc) is 2.54. The minimum absolute atomic E-state index is 0.0154. The van der Waals surface area contributed by atoms with E-state index in [2.05, 4.69) is 15.0 Å². The van der Waals surface area contributed by atoms with Crippen LogP contribution in [0.3, 0.4) is 0 Å². The minimum atomic E-state index is -1.58. The third-order valence-corrected chi connectivity index (χ3v) is 3.50. The van der Waals surface area contributed by atoms with E-state index in [1.54, 1.807) is 12.1 Å². The monoisotopic (exact) mass is 368 g/mol. The molecule has 2 rings (SSSR count). The summed E-state index contributed by atoms with van der Waals surface area (Å²) in [7, 11) is 1.12. The molecule has 1 aromatic carbocycles. The van der Waals surface area contributed by atoms with Crippen molar-refractivity contribution in [3.8, 4) is 11.5 Å². The number of nitrogens with zero attached hydrogens (tertiary/aromatic N) is 1. The number of ether oxygens (including phenoxy) is 2. The van der Waals surface area contributed by atoms with Crippen LogP contribution in [0.5, 0.6) is 11.5 Å². The second kappa shape index (κ2) is 7.54. The number of hydrogen-bond donors (Lipinski definition) is 3. The summed E-state index contributed by atoms with van der Waals surface area (Å²) in [4.78, 5) is 27.0. The number of rotatable bonds is 6. The zero-order valence-corrected chi connectivity index (χ0v) is 14.5. The highest BCUT2D eigenvalue weighted by atomic mass is 35.5. The number of carboxylic acid groups (broad SMARTS) is 1. The highest BCUT2D eigenvalue weighted by Crippen LogP contribution is 2.34. The fourth-order valence-corrected chi connectivity index (χ4v) is 2.40. The molecule has 1 aromatic heterocycles. The number of fused-ring (bicyclic) bond motifs is 1. The van der Waals surface area contributed by atoms with Gasteiger partial charge in [0.15, 0.2) is 11.4 Å². The highest BCUT2D eigenvalue weighted by molar-refractivity contribution is 6.35. The maximum absolute atomic E-state index is 12.2. The van der Waals surface area contributed by atoms with Crippen molar-refractivity contribution in [3.05, 3.63) is 29.0 Å². The summed E-state index contributed by atoms with van der Waals surface area (Å²) >= 11 is 6.08. The number of aromatic hydroxyl groups is 1. The first-order valence-electron chi connectivity index (χ1n) is 7.30. The number of carbonyl (C=O) groups excluding carboxylic acids is 1. The molecule has 0 saturated carbocycles. The van der Waals surface area contributed by atoms with E-state index in [0.29, 0.717) is 11.1 Å². The van der Waals surface area contributed by atoms with E-state index >= 15 is 0 Å². The van der Waals surface area contributed by atoms with Gasteiger partial charge in [0.25, 0.3) is 5.91 Å². The SMILES string of the molecule is COC(NC(=O)c1nc(Cl)c2ccc(OC(C)C)cc2c1O)C(=O)O. The lowest BCUT2D eigenvalue weighted by Crippen LogP contribution is -2.42. The van der Waals surface area contributed by atoms with Crippen molar-refractivity contribution >= 4 is 34.2 Å². The Kier molecular flexibility index (Phi) is 5.66. The normalized spacial score (nSPS) is 12.2. The van der Waals surface area contributed by atoms with E-state index in [1.807, 2.05) is 13.8 Å². The Morgan fingerprint density at radius 2 is 1.96 bits per heavy atom. The molecule has 1 unspecified atom stereocenters. The van der Waals surface area contributed by atoms with Gasteiger partial charge in [-0.1, -0.05) is 11.6 Å². The van der Waals surface area contributed by atoms with Gasteiger partial charge in [-0.05, 0) is 32.0 Å². The van der Waals surface area contributed by atoms with Crippen LogP contribution in [-0.4, -0.2) is 46.5 Å². The third-order valence-electron chi connectivity index (χ3n) is 3.21. The lowest BCUT2D eigenvalue weighted by Gasteiger charge is -2.15. The Morgan fingerprint density at radius 1 is 1.28 bits per heavy atom. The summed E-state index contributed by atoms with van der Waals surface area (Å²) < 4.78 is 10.2. The number of amides is 1. The summed E-state index contributed by atoms with van der Waals surface area (Å²) in [6.45, 7) is 3.69. The fraction of sp³-hybridized carbons (Fsp3) is 0.312. The van der Waals surface area contributed by atoms with E-state index in [9.17, 15) is 14.7 Å². The molecule has 0 saturated heterocycles. The summed E-state index contributed by atoms with van der Waals surface area (Å²) in [5, 5.41) is 22.1. The van der Waals surface area contributed by atoms with Gasteiger partial charge in [0.1, 0.15) is 10.9 Å². The van der Waals surface area contributed by atoms with Gasteiger partial charge >= 0.3 is 5.97 Å². The largest absolute Gasteiger partial charge is 0.505 e. The lowest BCUT2D eigenvalue weighted by molar-refractivity contribution is -0.149. The number of carbonyl (C=O) groups is 2. The molecule has 9 heteroatoms. The first-order chi connectivity index (χ1) is 11.7. The number of carboxylic acids is 1. The number of halogens is 1. The van der Waals surface area contributed by atoms with Gasteiger partial charge in [-0.2, -0.15) is 0 Å². The van der Waals surface area contributed by atoms with Gasteiger partial charge in [0, 0.05) is 17.9 Å². The number of hydrogen-bond acceptors (Lipinski definition) is 6. The molecule has 1 amide bonds. The van der Waals surface area contributed by atoms with Crippen LogP contribution in [0.25, 0.3) is 10.8 Å². The summed E-state index contributed by atoms with van der Waals surface area (Å²) in [5.74, 6) is -2.29. The summed E-state index contributed by atoms with van der Waals surface area (Å²) in [6, 6.07) is 4.81. The third kappa shape index (κ3) is 4.09. The molecule has 0 aliphatic rings. The molecule has 134 valence electrons. The first kappa shape index (κ1) is 18.8. The topological polar surface area (TPSA) is 118 Å². The van der Waals surface area contributed by atoms with Gasteiger partial charge in [0.2, 0.25) is 6.23 Å². The van der Waals surface area contributed by atoms with E-state index in [0.717, 1.165) is 7.11 Å². The minimum Gasteiger partial charge on any atom is -0.505 e. The van der Waals surface area contributed by atoms with Crippen LogP contribution in [0.1, 0.15) is 24.3 Å². The number of pyridine rings is 1. The predicted molar refractivity (Wildman–Crippen MR) is 90.1 cm³/mol. The van der Waals surface area contributed by atoms with Crippen LogP contribution in [0.15, 0.2) is 18.2 Å². The van der Waals surface area contributed by atoms with Gasteiger partial charge in [0.05, 0.1) is 6.10 Å². The Hall–Kier alpha value is -2.58. The van der Waals surface area contributed by atoms with Crippen molar-refractivity contribution in [1.29, 1.82) is 0 Å². The second-order valence-corrected chi connectivity index (χ2v) is 5.76. The molecule has 1 heterocycles. The van der Waals surface area contributed by atoms with E-state index in [1.165, 1.54) is 6.07 Å². The molecule has 3 N–H and O–H groups in total. The standard InChI is InChI=1S/C16H17ClN2O6/c1-7(2)25-8-4-5-9-10(6-8)12(20)11(18-13(9)17)14(21)19-15(24-3)16(22)23/h4-7,15,20H,1-3H3,(H,19,21)(H,22,23). The van der Waals surface area contributed by atoms with Crippen LogP contribution in [-0.2, 0) is 9.53 Å². The smallest absolute Gasteiger partial charge is 0.354 e. The van der Waals surface area contributed by atoms with Gasteiger partial charge < -0.3 is 25.0 Å². The van der Waals surface area contributed by atoms with Gasteiger partial charge in [-0.3, -0.25) is 4.79 Å². The molecular formula is C16H17ClN2O6. The summed E-state index contributed by atoms with van der Waals surface area (Å²) in [5.41, 5.74) is -0.414. The molecule has 0 spiro atoms. The van der Waals surface area contributed by atoms with E-state index in [4.69, 9.17) is 21.4 Å². The van der Waals surface area contributed by atoms with Crippen molar-refractivity contribution in [3.63, 3.8) is 0 Å². The summed E-state index contributed by atoms with van der Waals surface area (Å²) in [6.07, 6.45) is -1.67. The van der Waals surface area contributed by atoms with Crippen LogP contribution in [0.2, 0.25) is 5.15 Å². The Balaban J connectivity index is 2.48. The molecule has 0 aliphatic heterocycles. The van der Waals surface area contributed by atoms with Crippen LogP contribution in [0, 0.1) is 0 Å². The van der Waals surface area contributed by atoms with Crippen LogP contribution in [0.4, 0.5) is 0 Å². The first-order valence-corrected chi connectivity index (χ1v) is 7.67. The quantitative estimate of drug-likeness (QED) is 0.528. The van der Waals surface area contributed by atoms with Crippen LogP contribution < -0.4 is 10.1 Å². The molecule has 1 atom stereocenters. The second-order valence-electron chi connectivity index (χ2n) is 5.40. The zero-order valence-electron chi connectivity index (χ0n) is 13.7. The number of aliphatic carboxylic acids is 1. The fourth-order valence-electron chi connectivity index (χ4n) is 2.15. The Bertz CT molecular complexity index is 824. The highest BCUT2D eigenvalue weighted by Gasteiger charge is 2.24. The molecular weight excluding hydrogens is 352 g/mol. The number of aromatic nitrogens is 1. The molecule has 0 radical (unpaired) electrons. The zero-order chi connectivity index (χ0) is 18.7. The van der Waals surface area contributed by atoms with Crippen molar-refractivity contribution < 1.29 is 29.3 Å². The van der Waals surface area contributed by atoms with Gasteiger partial charge in [-0.15, -0.1) is 0 Å². The van der Waals surface area contributed by atoms with E-state index in [-0.39, 0.29) is 16.6 Å². The predicted octanol–water partition coefficient (Wildman–Crippen LogP) is 2.17. The number of methoxy groups -OCH3 is 1. The maximum Gasteiger partial charge on any atom is 0.354 e. The van der Waals surface area contributed by atoms with Crippen molar-refractivity contribution in [2.45, 2.75) is 26.2 Å². The molecule has 8 nitrogen and oxygen atoms in total. The molecule has 0 bridgehead atoms. The molecule has 0 fully saturated rings. The Morgan fingerprint density at radius 3 is 2.52 bits per heavy atom. The molecule has 25 heavy (non-hydrogen) atoms. The number of nitrogens with one attached hydrogen (secondary N) is 1. The lowest BCUT2D eigenvalue weighted by atomic mass is 10.1. The van der Waals surface area contributed by atoms with E-state index < -0.39 is 29.5 Å². The van der Waals surface area contributed by atoms with Crippen molar-refractivity contribution in [2.75, 3.05) is 7.11 Å². The van der Waals surface area contributed by atoms with Crippen LogP contribution >= 0.6 is 11.6 Å². The van der Waals surface area contributed by atoms with Crippen molar-refractivity contribution in [1.82, 2.24) is 10.3 Å². The van der Waals surface area contributed by atoms with Gasteiger partial charge in [-0.25, -0.2) is 9.78 Å². The number of benzene rings is 1. The molecule has 2 aromatic rings.